The van der Waals surface area contributed by atoms with E-state index >= 15 is 0 Å². The van der Waals surface area contributed by atoms with Gasteiger partial charge in [0.15, 0.2) is 0 Å². The molecular weight excluding hydrogens is 216 g/mol. The van der Waals surface area contributed by atoms with Crippen LogP contribution in [0.5, 0.6) is 0 Å². The zero-order valence-electron chi connectivity index (χ0n) is 12.9. The molecule has 0 saturated heterocycles. The maximum absolute atomic E-state index is 2.32. The lowest BCUT2D eigenvalue weighted by atomic mass is 9.88. The van der Waals surface area contributed by atoms with Gasteiger partial charge in [-0.05, 0) is 17.9 Å². The van der Waals surface area contributed by atoms with Crippen LogP contribution in [0.3, 0.4) is 0 Å². The SMILES string of the molecule is CC.CCC1CCCCC1.CCc1ccccc1. The summed E-state index contributed by atoms with van der Waals surface area (Å²) in [5.41, 5.74) is 1.41. The number of hydrogen-bond donors (Lipinski definition) is 0. The summed E-state index contributed by atoms with van der Waals surface area (Å²) in [6.07, 6.45) is 10.1. The molecule has 0 aliphatic heterocycles. The van der Waals surface area contributed by atoms with Crippen LogP contribution in [0.2, 0.25) is 0 Å². The molecule has 1 fully saturated rings. The molecule has 2 rings (SSSR count). The highest BCUT2D eigenvalue weighted by atomic mass is 14.2. The zero-order valence-corrected chi connectivity index (χ0v) is 12.9. The summed E-state index contributed by atoms with van der Waals surface area (Å²) < 4.78 is 0. The topological polar surface area (TPSA) is 0 Å². The number of hydrogen-bond acceptors (Lipinski definition) is 0. The van der Waals surface area contributed by atoms with Gasteiger partial charge in [-0.1, -0.05) is 96.6 Å². The van der Waals surface area contributed by atoms with Crippen molar-refractivity contribution in [3.8, 4) is 0 Å². The summed E-state index contributed by atoms with van der Waals surface area (Å²) in [5.74, 6) is 1.09. The van der Waals surface area contributed by atoms with E-state index in [1.165, 1.54) is 44.1 Å². The molecule has 0 bridgehead atoms. The lowest BCUT2D eigenvalue weighted by Gasteiger charge is -2.18. The fourth-order valence-corrected chi connectivity index (χ4v) is 2.31. The maximum Gasteiger partial charge on any atom is -0.0307 e. The second-order valence-corrected chi connectivity index (χ2v) is 4.75. The van der Waals surface area contributed by atoms with Crippen LogP contribution < -0.4 is 0 Å². The van der Waals surface area contributed by atoms with Crippen molar-refractivity contribution in [3.63, 3.8) is 0 Å². The monoisotopic (exact) mass is 248 g/mol. The molecule has 0 amide bonds. The Kier molecular flexibility index (Phi) is 12.1. The Labute approximate surface area is 115 Å². The molecule has 1 aromatic rings. The molecule has 1 aliphatic rings. The molecule has 0 radical (unpaired) electrons. The smallest absolute Gasteiger partial charge is 0.0307 e. The van der Waals surface area contributed by atoms with Crippen molar-refractivity contribution in [2.45, 2.75) is 72.6 Å². The quantitative estimate of drug-likeness (QED) is 0.580. The molecule has 0 unspecified atom stereocenters. The lowest BCUT2D eigenvalue weighted by Crippen LogP contribution is -2.03. The molecule has 0 N–H and O–H groups in total. The Hall–Kier alpha value is -0.780. The number of rotatable bonds is 2. The largest absolute Gasteiger partial charge is 0.0683 e. The lowest BCUT2D eigenvalue weighted by molar-refractivity contribution is 0.349. The highest BCUT2D eigenvalue weighted by Crippen LogP contribution is 2.25. The van der Waals surface area contributed by atoms with Gasteiger partial charge in [-0.2, -0.15) is 0 Å². The first kappa shape index (κ1) is 17.2. The third-order valence-electron chi connectivity index (χ3n) is 3.55. The van der Waals surface area contributed by atoms with Crippen molar-refractivity contribution < 1.29 is 0 Å². The fraction of sp³-hybridized carbons (Fsp3) is 0.667. The Bertz CT molecular complexity index is 244. The van der Waals surface area contributed by atoms with Crippen molar-refractivity contribution in [2.24, 2.45) is 5.92 Å². The van der Waals surface area contributed by atoms with Crippen LogP contribution in [-0.2, 0) is 6.42 Å². The van der Waals surface area contributed by atoms with Crippen molar-refractivity contribution in [1.82, 2.24) is 0 Å². The summed E-state index contributed by atoms with van der Waals surface area (Å²) in [6, 6.07) is 10.5. The minimum atomic E-state index is 1.09. The van der Waals surface area contributed by atoms with E-state index in [-0.39, 0.29) is 0 Å². The molecule has 0 atom stereocenters. The first-order valence-corrected chi connectivity index (χ1v) is 7.90. The fourth-order valence-electron chi connectivity index (χ4n) is 2.31. The summed E-state index contributed by atoms with van der Waals surface area (Å²) in [6.45, 7) is 8.48. The van der Waals surface area contributed by atoms with E-state index in [4.69, 9.17) is 0 Å². The maximum atomic E-state index is 2.32. The van der Waals surface area contributed by atoms with Gasteiger partial charge in [-0.25, -0.2) is 0 Å². The van der Waals surface area contributed by atoms with Crippen molar-refractivity contribution in [3.05, 3.63) is 35.9 Å². The number of benzene rings is 1. The molecule has 0 heterocycles. The van der Waals surface area contributed by atoms with Crippen molar-refractivity contribution in [1.29, 1.82) is 0 Å². The van der Waals surface area contributed by atoms with E-state index in [0.29, 0.717) is 0 Å². The van der Waals surface area contributed by atoms with E-state index in [1.807, 2.05) is 19.9 Å². The van der Waals surface area contributed by atoms with Gasteiger partial charge in [0.2, 0.25) is 0 Å². The average Bonchev–Trinajstić information content (AvgIpc) is 2.51. The third kappa shape index (κ3) is 8.33. The van der Waals surface area contributed by atoms with E-state index < -0.39 is 0 Å². The highest BCUT2D eigenvalue weighted by molar-refractivity contribution is 5.13. The first-order valence-electron chi connectivity index (χ1n) is 7.90. The minimum Gasteiger partial charge on any atom is -0.0683 e. The average molecular weight is 248 g/mol. The zero-order chi connectivity index (χ0) is 13.6. The van der Waals surface area contributed by atoms with Crippen LogP contribution in [-0.4, -0.2) is 0 Å². The van der Waals surface area contributed by atoms with Crippen LogP contribution in [0.4, 0.5) is 0 Å². The standard InChI is InChI=1S/C8H16.C8H10.C2H6/c2*1-2-8-6-4-3-5-7-8;1-2/h8H,2-7H2,1H3;3-7H,2H2,1H3;1-2H3. The van der Waals surface area contributed by atoms with E-state index in [1.54, 1.807) is 0 Å². The molecule has 1 aromatic carbocycles. The van der Waals surface area contributed by atoms with Gasteiger partial charge in [-0.15, -0.1) is 0 Å². The van der Waals surface area contributed by atoms with Gasteiger partial charge in [0, 0.05) is 0 Å². The van der Waals surface area contributed by atoms with Gasteiger partial charge < -0.3 is 0 Å². The van der Waals surface area contributed by atoms with Gasteiger partial charge in [0.05, 0.1) is 0 Å². The predicted molar refractivity (Wildman–Crippen MR) is 84.0 cm³/mol. The molecule has 104 valence electrons. The molecule has 1 saturated carbocycles. The predicted octanol–water partition coefficient (Wildman–Crippen LogP) is 6.25. The first-order chi connectivity index (χ1) is 8.86. The highest BCUT2D eigenvalue weighted by Gasteiger charge is 2.09. The van der Waals surface area contributed by atoms with Crippen molar-refractivity contribution >= 4 is 0 Å². The molecule has 0 spiro atoms. The summed E-state index contributed by atoms with van der Waals surface area (Å²) >= 11 is 0. The third-order valence-corrected chi connectivity index (χ3v) is 3.55. The van der Waals surface area contributed by atoms with E-state index in [0.717, 1.165) is 12.3 Å². The van der Waals surface area contributed by atoms with Crippen LogP contribution in [0, 0.1) is 5.92 Å². The Balaban J connectivity index is 0.000000283. The molecular formula is C18H32. The van der Waals surface area contributed by atoms with E-state index in [2.05, 4.69) is 38.1 Å². The molecule has 1 aliphatic carbocycles. The van der Waals surface area contributed by atoms with Crippen LogP contribution in [0.1, 0.15) is 71.8 Å². The normalized spacial score (nSPS) is 14.9. The van der Waals surface area contributed by atoms with Crippen molar-refractivity contribution in [2.75, 3.05) is 0 Å². The Morgan fingerprint density at radius 3 is 1.78 bits per heavy atom. The minimum absolute atomic E-state index is 1.09. The van der Waals surface area contributed by atoms with Gasteiger partial charge in [-0.3, -0.25) is 0 Å². The second-order valence-electron chi connectivity index (χ2n) is 4.75. The second kappa shape index (κ2) is 12.7. The summed E-state index contributed by atoms with van der Waals surface area (Å²) in [5, 5.41) is 0. The van der Waals surface area contributed by atoms with Crippen LogP contribution >= 0.6 is 0 Å². The van der Waals surface area contributed by atoms with Gasteiger partial charge in [0.25, 0.3) is 0 Å². The van der Waals surface area contributed by atoms with Gasteiger partial charge in [0.1, 0.15) is 0 Å². The Morgan fingerprint density at radius 2 is 1.44 bits per heavy atom. The summed E-state index contributed by atoms with van der Waals surface area (Å²) in [4.78, 5) is 0. The molecule has 0 nitrogen and oxygen atoms in total. The molecule has 18 heavy (non-hydrogen) atoms. The van der Waals surface area contributed by atoms with Crippen LogP contribution in [0.25, 0.3) is 0 Å². The molecule has 0 heteroatoms. The van der Waals surface area contributed by atoms with Crippen LogP contribution in [0.15, 0.2) is 30.3 Å². The van der Waals surface area contributed by atoms with E-state index in [9.17, 15) is 0 Å². The summed E-state index contributed by atoms with van der Waals surface area (Å²) in [7, 11) is 0. The Morgan fingerprint density at radius 1 is 0.889 bits per heavy atom. The van der Waals surface area contributed by atoms with Gasteiger partial charge >= 0.3 is 0 Å². The molecule has 0 aromatic heterocycles. The number of aryl methyl sites for hydroxylation is 1.